The molecule has 1 aromatic heterocycles. The van der Waals surface area contributed by atoms with Crippen molar-refractivity contribution in [2.75, 3.05) is 42.7 Å². The van der Waals surface area contributed by atoms with E-state index in [1.807, 2.05) is 11.8 Å². The lowest BCUT2D eigenvalue weighted by atomic mass is 9.61. The topological polar surface area (TPSA) is 80.5 Å². The highest BCUT2D eigenvalue weighted by atomic mass is 127. The number of hydrogen-bond acceptors (Lipinski definition) is 6. The van der Waals surface area contributed by atoms with Crippen molar-refractivity contribution in [2.24, 2.45) is 5.41 Å². The van der Waals surface area contributed by atoms with Gasteiger partial charge in [-0.1, -0.05) is 48.9 Å². The quantitative estimate of drug-likeness (QED) is 0.0976. The molecule has 1 amide bonds. The van der Waals surface area contributed by atoms with Crippen LogP contribution in [0.25, 0.3) is 11.1 Å². The van der Waals surface area contributed by atoms with Crippen LogP contribution in [0.15, 0.2) is 36.4 Å². The van der Waals surface area contributed by atoms with Crippen molar-refractivity contribution in [3.63, 3.8) is 0 Å². The third-order valence-corrected chi connectivity index (χ3v) is 11.9. The molecule has 1 saturated carbocycles. The molecule has 3 aromatic rings. The maximum Gasteiger partial charge on any atom is 0.209 e. The van der Waals surface area contributed by atoms with Gasteiger partial charge in [0.25, 0.3) is 0 Å². The molecule has 6 rings (SSSR count). The fourth-order valence-corrected chi connectivity index (χ4v) is 9.19. The molecular formula is C33H42ClIN7OP. The Morgan fingerprint density at radius 2 is 1.89 bits per heavy atom. The summed E-state index contributed by atoms with van der Waals surface area (Å²) in [5.41, 5.74) is 7.17. The van der Waals surface area contributed by atoms with Crippen molar-refractivity contribution in [1.29, 1.82) is 5.41 Å². The van der Waals surface area contributed by atoms with E-state index in [9.17, 15) is 4.79 Å². The first-order valence-electron chi connectivity index (χ1n) is 15.4. The number of benzene rings is 2. The van der Waals surface area contributed by atoms with Gasteiger partial charge in [-0.05, 0) is 79.3 Å². The predicted molar refractivity (Wildman–Crippen MR) is 192 cm³/mol. The number of amides is 1. The van der Waals surface area contributed by atoms with E-state index < -0.39 is 0 Å². The molecule has 2 aromatic carbocycles. The van der Waals surface area contributed by atoms with Gasteiger partial charge in [0.05, 0.1) is 16.6 Å². The van der Waals surface area contributed by atoms with Gasteiger partial charge in [0.15, 0.2) is 5.82 Å². The smallest absolute Gasteiger partial charge is 0.209 e. The molecule has 8 nitrogen and oxygen atoms in total. The maximum absolute atomic E-state index is 11.3. The van der Waals surface area contributed by atoms with Crippen LogP contribution in [0.2, 0.25) is 5.02 Å². The normalized spacial score (nSPS) is 22.0. The molecule has 3 aliphatic rings. The molecule has 1 unspecified atom stereocenters. The summed E-state index contributed by atoms with van der Waals surface area (Å²) in [6.07, 6.45) is 5.90. The Hall–Kier alpha value is -2.20. The van der Waals surface area contributed by atoms with Crippen molar-refractivity contribution in [1.82, 2.24) is 19.6 Å². The average molecular weight is 746 g/mol. The van der Waals surface area contributed by atoms with Crippen LogP contribution in [0.3, 0.4) is 0 Å². The van der Waals surface area contributed by atoms with E-state index >= 15 is 0 Å². The van der Waals surface area contributed by atoms with Crippen LogP contribution in [-0.2, 0) is 11.3 Å². The van der Waals surface area contributed by atoms with Gasteiger partial charge >= 0.3 is 0 Å². The van der Waals surface area contributed by atoms with Crippen molar-refractivity contribution >= 4 is 64.1 Å². The fourth-order valence-electron chi connectivity index (χ4n) is 7.76. The van der Waals surface area contributed by atoms with Crippen molar-refractivity contribution in [3.05, 3.63) is 63.8 Å². The van der Waals surface area contributed by atoms with Crippen LogP contribution >= 0.6 is 40.0 Å². The molecule has 1 spiro atoms. The number of likely N-dealkylation sites (tertiary alicyclic amines) is 1. The second kappa shape index (κ2) is 12.5. The number of carbonyl (C=O) groups is 1. The molecule has 1 aliphatic carbocycles. The van der Waals surface area contributed by atoms with Gasteiger partial charge in [-0.25, -0.2) is 0 Å². The van der Waals surface area contributed by atoms with Gasteiger partial charge in [-0.3, -0.25) is 14.4 Å². The van der Waals surface area contributed by atoms with Gasteiger partial charge in [0.2, 0.25) is 6.41 Å². The number of hydrogen-bond donors (Lipinski definition) is 2. The number of aromatic nitrogens is 2. The van der Waals surface area contributed by atoms with E-state index in [0.29, 0.717) is 11.4 Å². The van der Waals surface area contributed by atoms with E-state index in [-0.39, 0.29) is 17.0 Å². The minimum Gasteiger partial charge on any atom is -0.358 e. The molecule has 0 radical (unpaired) electrons. The Bertz CT molecular complexity index is 1550. The zero-order chi connectivity index (χ0) is 31.2. The number of carbonyl (C=O) groups excluding carboxylic acids is 1. The third-order valence-electron chi connectivity index (χ3n) is 10.2. The largest absolute Gasteiger partial charge is 0.358 e. The summed E-state index contributed by atoms with van der Waals surface area (Å²) in [4.78, 5) is 18.2. The van der Waals surface area contributed by atoms with Crippen LogP contribution in [0.4, 0.5) is 11.5 Å². The minimum absolute atomic E-state index is 0.140. The number of rotatable bonds is 10. The molecule has 44 heavy (non-hydrogen) atoms. The molecule has 0 bridgehead atoms. The molecule has 11 heteroatoms. The highest BCUT2D eigenvalue weighted by Crippen LogP contribution is 2.55. The first-order valence-corrected chi connectivity index (χ1v) is 19.9. The standard InChI is InChI=1S/C33H42ClIN7OP/c1-5-32(4)18-39(17-24-9-7-6-8-10-24)11-12-41(32)31-28(29-26(16-36)27(38-44-35)13-22(2)30(29)34)23(3)42(37-31)25-14-33(15-25)19-40(20-33)21-43/h6-10,13,16,21,25,36,38,44H,5,11-12,14-15,17-20H2,1-4H3/t32-/m0/s1. The van der Waals surface area contributed by atoms with Gasteiger partial charge in [0, 0.05) is 85.3 Å². The molecule has 3 fully saturated rings. The van der Waals surface area contributed by atoms with E-state index in [1.165, 1.54) is 11.8 Å². The molecule has 2 aliphatic heterocycles. The molecule has 2 atom stereocenters. The van der Waals surface area contributed by atoms with Crippen molar-refractivity contribution < 1.29 is 4.79 Å². The Morgan fingerprint density at radius 1 is 1.16 bits per heavy atom. The van der Waals surface area contributed by atoms with Crippen molar-refractivity contribution in [3.8, 4) is 11.1 Å². The highest BCUT2D eigenvalue weighted by molar-refractivity contribution is 14.2. The number of piperazine rings is 1. The SMILES string of the molecule is CC[C@@]1(C)CN(Cc2ccccc2)CCN1c1nn(C2CC3(C2)CN(C=O)C3)c(C)c1-c1c(Cl)c(C)cc(NPI)c1C=N. The van der Waals surface area contributed by atoms with Crippen molar-refractivity contribution in [2.45, 2.75) is 65.1 Å². The molecule has 2 saturated heterocycles. The summed E-state index contributed by atoms with van der Waals surface area (Å²) in [6.45, 7) is 14.2. The summed E-state index contributed by atoms with van der Waals surface area (Å²) in [5.74, 6) is 0.966. The fraction of sp³-hybridized carbons (Fsp3) is 0.485. The summed E-state index contributed by atoms with van der Waals surface area (Å²) in [7, 11) is 0. The van der Waals surface area contributed by atoms with E-state index in [1.54, 1.807) is 0 Å². The first kappa shape index (κ1) is 31.8. The molecule has 3 heterocycles. The Balaban J connectivity index is 1.43. The zero-order valence-corrected chi connectivity index (χ0v) is 29.9. The molecule has 234 valence electrons. The summed E-state index contributed by atoms with van der Waals surface area (Å²) < 4.78 is 2.24. The molecule has 2 N–H and O–H groups in total. The van der Waals surface area contributed by atoms with Crippen LogP contribution in [0.5, 0.6) is 0 Å². The lowest BCUT2D eigenvalue weighted by Crippen LogP contribution is -2.62. The maximum atomic E-state index is 11.3. The van der Waals surface area contributed by atoms with Gasteiger partial charge < -0.3 is 20.3 Å². The summed E-state index contributed by atoms with van der Waals surface area (Å²) in [6, 6.07) is 13.1. The summed E-state index contributed by atoms with van der Waals surface area (Å²) in [5, 5.41) is 18.1. The van der Waals surface area contributed by atoms with Crippen LogP contribution < -0.4 is 9.99 Å². The Labute approximate surface area is 280 Å². The van der Waals surface area contributed by atoms with Crippen LogP contribution in [0, 0.1) is 24.7 Å². The van der Waals surface area contributed by atoms with E-state index in [2.05, 4.69) is 98.8 Å². The number of aryl methyl sites for hydroxylation is 1. The lowest BCUT2D eigenvalue weighted by Gasteiger charge is -2.58. The van der Waals surface area contributed by atoms with E-state index in [0.717, 1.165) is 104 Å². The third kappa shape index (κ3) is 5.56. The lowest BCUT2D eigenvalue weighted by molar-refractivity contribution is -0.140. The first-order chi connectivity index (χ1) is 21.2. The second-order valence-electron chi connectivity index (χ2n) is 13.2. The van der Waals surface area contributed by atoms with Gasteiger partial charge in [-0.2, -0.15) is 5.10 Å². The minimum atomic E-state index is -0.140. The highest BCUT2D eigenvalue weighted by Gasteiger charge is 2.53. The second-order valence-corrected chi connectivity index (χ2v) is 15.6. The van der Waals surface area contributed by atoms with Crippen LogP contribution in [0.1, 0.15) is 61.5 Å². The van der Waals surface area contributed by atoms with E-state index in [4.69, 9.17) is 22.1 Å². The summed E-state index contributed by atoms with van der Waals surface area (Å²) >= 11 is 9.53. The number of nitrogens with one attached hydrogen (secondary N) is 2. The zero-order valence-electron chi connectivity index (χ0n) is 26.0. The Kier molecular flexibility index (Phi) is 9.05. The Morgan fingerprint density at radius 3 is 2.52 bits per heavy atom. The monoisotopic (exact) mass is 745 g/mol. The number of anilines is 2. The van der Waals surface area contributed by atoms with Gasteiger partial charge in [0.1, 0.15) is 0 Å². The average Bonchev–Trinajstić information content (AvgIpc) is 3.29. The number of nitrogens with zero attached hydrogens (tertiary/aromatic N) is 5. The molecular weight excluding hydrogens is 704 g/mol. The van der Waals surface area contributed by atoms with Gasteiger partial charge in [-0.15, -0.1) is 0 Å². The van der Waals surface area contributed by atoms with Crippen LogP contribution in [-0.4, -0.2) is 70.5 Å². The predicted octanol–water partition coefficient (Wildman–Crippen LogP) is 7.46. The number of halogens is 2.